The number of benzene rings is 1. The summed E-state index contributed by atoms with van der Waals surface area (Å²) in [4.78, 5) is 28.4. The van der Waals surface area contributed by atoms with E-state index in [0.717, 1.165) is 25.7 Å². The summed E-state index contributed by atoms with van der Waals surface area (Å²) >= 11 is 0. The minimum atomic E-state index is -0.161. The minimum Gasteiger partial charge on any atom is -0.507 e. The van der Waals surface area contributed by atoms with Crippen LogP contribution in [0.15, 0.2) is 24.3 Å². The summed E-state index contributed by atoms with van der Waals surface area (Å²) in [6.45, 7) is 2.25. The first-order valence-electron chi connectivity index (χ1n) is 8.03. The number of rotatable bonds is 2. The second-order valence-corrected chi connectivity index (χ2v) is 6.12. The van der Waals surface area contributed by atoms with Gasteiger partial charge in [-0.1, -0.05) is 25.0 Å². The normalized spacial score (nSPS) is 19.5. The number of hydrogen-bond acceptors (Lipinski definition) is 3. The van der Waals surface area contributed by atoms with E-state index in [9.17, 15) is 14.7 Å². The van der Waals surface area contributed by atoms with E-state index in [-0.39, 0.29) is 23.5 Å². The summed E-state index contributed by atoms with van der Waals surface area (Å²) in [5.41, 5.74) is 0.332. The van der Waals surface area contributed by atoms with Crippen molar-refractivity contribution in [3.05, 3.63) is 29.8 Å². The van der Waals surface area contributed by atoms with Gasteiger partial charge in [0.2, 0.25) is 5.91 Å². The monoisotopic (exact) mass is 302 g/mol. The van der Waals surface area contributed by atoms with Crippen molar-refractivity contribution in [3.8, 4) is 5.75 Å². The Hall–Kier alpha value is -2.04. The van der Waals surface area contributed by atoms with Gasteiger partial charge in [-0.2, -0.15) is 0 Å². The lowest BCUT2D eigenvalue weighted by molar-refractivity contribution is -0.136. The fraction of sp³-hybridized carbons (Fsp3) is 0.529. The van der Waals surface area contributed by atoms with Gasteiger partial charge >= 0.3 is 0 Å². The summed E-state index contributed by atoms with van der Waals surface area (Å²) < 4.78 is 0. The maximum Gasteiger partial charge on any atom is 0.257 e. The molecule has 0 spiro atoms. The van der Waals surface area contributed by atoms with Crippen molar-refractivity contribution in [2.24, 2.45) is 5.92 Å². The number of phenols is 1. The molecular formula is C17H22N2O3. The lowest BCUT2D eigenvalue weighted by atomic mass is 10.1. The van der Waals surface area contributed by atoms with E-state index in [1.807, 2.05) is 4.90 Å². The topological polar surface area (TPSA) is 60.9 Å². The molecule has 3 rings (SSSR count). The lowest BCUT2D eigenvalue weighted by Gasteiger charge is -2.36. The molecule has 5 heteroatoms. The number of piperazine rings is 1. The van der Waals surface area contributed by atoms with E-state index < -0.39 is 0 Å². The highest BCUT2D eigenvalue weighted by molar-refractivity contribution is 5.97. The van der Waals surface area contributed by atoms with E-state index >= 15 is 0 Å². The number of phenolic OH excluding ortho intramolecular Hbond substituents is 1. The first kappa shape index (κ1) is 14.9. The Morgan fingerprint density at radius 3 is 2.18 bits per heavy atom. The third-order valence-corrected chi connectivity index (χ3v) is 4.72. The van der Waals surface area contributed by atoms with Gasteiger partial charge in [0, 0.05) is 32.1 Å². The molecule has 2 fully saturated rings. The summed E-state index contributed by atoms with van der Waals surface area (Å²) in [6, 6.07) is 6.60. The van der Waals surface area contributed by atoms with E-state index in [2.05, 4.69) is 0 Å². The van der Waals surface area contributed by atoms with Crippen molar-refractivity contribution in [1.29, 1.82) is 0 Å². The predicted molar refractivity (Wildman–Crippen MR) is 82.5 cm³/mol. The van der Waals surface area contributed by atoms with Gasteiger partial charge in [-0.05, 0) is 25.0 Å². The van der Waals surface area contributed by atoms with Crippen LogP contribution in [0.25, 0.3) is 0 Å². The number of aromatic hydroxyl groups is 1. The largest absolute Gasteiger partial charge is 0.507 e. The number of para-hydroxylation sites is 1. The van der Waals surface area contributed by atoms with Gasteiger partial charge in [-0.25, -0.2) is 0 Å². The standard InChI is InChI=1S/C17H22N2O3/c20-15-8-4-3-7-14(15)17(22)19-11-9-18(10-12-19)16(21)13-5-1-2-6-13/h3-4,7-8,13,20H,1-2,5-6,9-12H2. The molecule has 1 aromatic rings. The third-order valence-electron chi connectivity index (χ3n) is 4.72. The molecule has 1 aliphatic carbocycles. The minimum absolute atomic E-state index is 0.0111. The second kappa shape index (κ2) is 6.38. The molecule has 0 unspecified atom stereocenters. The Bertz CT molecular complexity index is 559. The number of amides is 2. The van der Waals surface area contributed by atoms with Crippen LogP contribution in [0.4, 0.5) is 0 Å². The summed E-state index contributed by atoms with van der Waals surface area (Å²) in [5.74, 6) is 0.301. The zero-order valence-corrected chi connectivity index (χ0v) is 12.7. The second-order valence-electron chi connectivity index (χ2n) is 6.12. The smallest absolute Gasteiger partial charge is 0.257 e. The van der Waals surface area contributed by atoms with Crippen LogP contribution >= 0.6 is 0 Å². The lowest BCUT2D eigenvalue weighted by Crippen LogP contribution is -2.51. The van der Waals surface area contributed by atoms with Gasteiger partial charge in [0.1, 0.15) is 5.75 Å². The highest BCUT2D eigenvalue weighted by Crippen LogP contribution is 2.27. The highest BCUT2D eigenvalue weighted by Gasteiger charge is 2.31. The number of carbonyl (C=O) groups is 2. The van der Waals surface area contributed by atoms with Gasteiger partial charge in [0.25, 0.3) is 5.91 Å². The molecular weight excluding hydrogens is 280 g/mol. The number of hydrogen-bond donors (Lipinski definition) is 1. The van der Waals surface area contributed by atoms with Crippen molar-refractivity contribution >= 4 is 11.8 Å². The molecule has 1 N–H and O–H groups in total. The van der Waals surface area contributed by atoms with Crippen molar-refractivity contribution in [1.82, 2.24) is 9.80 Å². The van der Waals surface area contributed by atoms with E-state index in [1.54, 1.807) is 23.1 Å². The molecule has 2 aliphatic rings. The molecule has 1 aromatic carbocycles. The number of nitrogens with zero attached hydrogens (tertiary/aromatic N) is 2. The molecule has 5 nitrogen and oxygen atoms in total. The van der Waals surface area contributed by atoms with E-state index in [0.29, 0.717) is 31.7 Å². The number of carbonyl (C=O) groups excluding carboxylic acids is 2. The fourth-order valence-electron chi connectivity index (χ4n) is 3.39. The molecule has 0 bridgehead atoms. The molecule has 118 valence electrons. The van der Waals surface area contributed by atoms with Gasteiger partial charge in [0.05, 0.1) is 5.56 Å². The molecule has 2 amide bonds. The SMILES string of the molecule is O=C(c1ccccc1O)N1CCN(C(=O)C2CCCC2)CC1. The summed E-state index contributed by atoms with van der Waals surface area (Å²) in [7, 11) is 0. The van der Waals surface area contributed by atoms with Gasteiger partial charge in [-0.3, -0.25) is 9.59 Å². The van der Waals surface area contributed by atoms with E-state index in [4.69, 9.17) is 0 Å². The summed E-state index contributed by atoms with van der Waals surface area (Å²) in [6.07, 6.45) is 4.33. The van der Waals surface area contributed by atoms with Crippen LogP contribution in [0.2, 0.25) is 0 Å². The van der Waals surface area contributed by atoms with Gasteiger partial charge in [-0.15, -0.1) is 0 Å². The maximum atomic E-state index is 12.4. The van der Waals surface area contributed by atoms with Crippen molar-refractivity contribution in [3.63, 3.8) is 0 Å². The summed E-state index contributed by atoms with van der Waals surface area (Å²) in [5, 5.41) is 9.78. The molecule has 1 saturated carbocycles. The first-order valence-corrected chi connectivity index (χ1v) is 8.03. The first-order chi connectivity index (χ1) is 10.7. The van der Waals surface area contributed by atoms with Crippen LogP contribution in [-0.2, 0) is 4.79 Å². The van der Waals surface area contributed by atoms with E-state index in [1.165, 1.54) is 6.07 Å². The van der Waals surface area contributed by atoms with Crippen LogP contribution in [-0.4, -0.2) is 52.9 Å². The molecule has 0 aromatic heterocycles. The highest BCUT2D eigenvalue weighted by atomic mass is 16.3. The zero-order chi connectivity index (χ0) is 15.5. The van der Waals surface area contributed by atoms with Crippen LogP contribution in [0, 0.1) is 5.92 Å². The van der Waals surface area contributed by atoms with Crippen LogP contribution < -0.4 is 0 Å². The maximum absolute atomic E-state index is 12.4. The van der Waals surface area contributed by atoms with Crippen molar-refractivity contribution in [2.75, 3.05) is 26.2 Å². The fourth-order valence-corrected chi connectivity index (χ4v) is 3.39. The Balaban J connectivity index is 1.58. The average Bonchev–Trinajstić information content (AvgIpc) is 3.09. The van der Waals surface area contributed by atoms with Crippen molar-refractivity contribution < 1.29 is 14.7 Å². The van der Waals surface area contributed by atoms with Gasteiger partial charge in [0.15, 0.2) is 0 Å². The van der Waals surface area contributed by atoms with Gasteiger partial charge < -0.3 is 14.9 Å². The molecule has 0 radical (unpaired) electrons. The third kappa shape index (κ3) is 2.93. The van der Waals surface area contributed by atoms with Crippen LogP contribution in [0.1, 0.15) is 36.0 Å². The predicted octanol–water partition coefficient (Wildman–Crippen LogP) is 1.87. The Morgan fingerprint density at radius 1 is 0.955 bits per heavy atom. The van der Waals surface area contributed by atoms with Crippen LogP contribution in [0.5, 0.6) is 5.75 Å². The molecule has 22 heavy (non-hydrogen) atoms. The molecule has 0 atom stereocenters. The molecule has 1 aliphatic heterocycles. The molecule has 1 saturated heterocycles. The Kier molecular flexibility index (Phi) is 4.32. The quantitative estimate of drug-likeness (QED) is 0.907. The average molecular weight is 302 g/mol. The Labute approximate surface area is 130 Å². The van der Waals surface area contributed by atoms with Crippen molar-refractivity contribution in [2.45, 2.75) is 25.7 Å². The van der Waals surface area contributed by atoms with Crippen LogP contribution in [0.3, 0.4) is 0 Å². The molecule has 1 heterocycles. The Morgan fingerprint density at radius 2 is 1.55 bits per heavy atom. The zero-order valence-electron chi connectivity index (χ0n) is 12.7.